The Morgan fingerprint density at radius 3 is 2.16 bits per heavy atom. The molecule has 0 aliphatic heterocycles. The summed E-state index contributed by atoms with van der Waals surface area (Å²) < 4.78 is 0. The Labute approximate surface area is 113 Å². The number of rotatable bonds is 5. The van der Waals surface area contributed by atoms with E-state index in [2.05, 4.69) is 5.32 Å². The highest BCUT2D eigenvalue weighted by atomic mass is 16.4. The van der Waals surface area contributed by atoms with E-state index in [1.807, 2.05) is 32.0 Å². The lowest BCUT2D eigenvalue weighted by atomic mass is 10.0. The number of para-hydroxylation sites is 1. The molecule has 19 heavy (non-hydrogen) atoms. The van der Waals surface area contributed by atoms with E-state index in [1.165, 1.54) is 6.92 Å². The largest absolute Gasteiger partial charge is 0.478 e. The molecule has 4 nitrogen and oxygen atoms in total. The van der Waals surface area contributed by atoms with E-state index in [-0.39, 0.29) is 11.5 Å². The van der Waals surface area contributed by atoms with E-state index in [0.29, 0.717) is 0 Å². The van der Waals surface area contributed by atoms with E-state index >= 15 is 0 Å². The number of benzene rings is 1. The first kappa shape index (κ1) is 15.0. The van der Waals surface area contributed by atoms with Crippen molar-refractivity contribution in [3.63, 3.8) is 0 Å². The van der Waals surface area contributed by atoms with Gasteiger partial charge in [-0.1, -0.05) is 32.0 Å². The Kier molecular flexibility index (Phi) is 5.30. The van der Waals surface area contributed by atoms with Crippen LogP contribution in [0.3, 0.4) is 0 Å². The number of amides is 1. The third-order valence-electron chi connectivity index (χ3n) is 2.94. The molecule has 0 saturated carbocycles. The van der Waals surface area contributed by atoms with Gasteiger partial charge in [-0.3, -0.25) is 4.79 Å². The van der Waals surface area contributed by atoms with Gasteiger partial charge in [0.25, 0.3) is 5.91 Å². The standard InChI is InChI=1S/C15H19NO3/c1-4-11-7-6-8-12(5-2)14(11)16-15(19)10(3)9-13(17)18/h6-9H,4-5H2,1-3H3,(H,16,19)(H,17,18)/b10-9+. The van der Waals surface area contributed by atoms with E-state index in [0.717, 1.165) is 35.7 Å². The second-order valence-corrected chi connectivity index (χ2v) is 4.28. The molecule has 102 valence electrons. The van der Waals surface area contributed by atoms with Crippen molar-refractivity contribution in [2.75, 3.05) is 5.32 Å². The van der Waals surface area contributed by atoms with Gasteiger partial charge in [0.05, 0.1) is 0 Å². The fourth-order valence-corrected chi connectivity index (χ4v) is 1.87. The lowest BCUT2D eigenvalue weighted by Gasteiger charge is -2.14. The number of carboxylic acids is 1. The Balaban J connectivity index is 3.05. The number of nitrogens with one attached hydrogen (secondary N) is 1. The number of anilines is 1. The highest BCUT2D eigenvalue weighted by molar-refractivity contribution is 6.07. The van der Waals surface area contributed by atoms with Crippen LogP contribution in [0.15, 0.2) is 29.8 Å². The predicted octanol–water partition coefficient (Wildman–Crippen LogP) is 2.78. The Hall–Kier alpha value is -2.10. The Bertz CT molecular complexity index is 496. The van der Waals surface area contributed by atoms with Crippen molar-refractivity contribution in [2.45, 2.75) is 33.6 Å². The lowest BCUT2D eigenvalue weighted by Crippen LogP contribution is -2.16. The van der Waals surface area contributed by atoms with Gasteiger partial charge in [0, 0.05) is 17.3 Å². The fourth-order valence-electron chi connectivity index (χ4n) is 1.87. The molecule has 0 aliphatic carbocycles. The molecule has 1 aromatic rings. The van der Waals surface area contributed by atoms with Crippen LogP contribution in [-0.2, 0) is 22.4 Å². The van der Waals surface area contributed by atoms with Crippen molar-refractivity contribution in [3.8, 4) is 0 Å². The van der Waals surface area contributed by atoms with E-state index in [9.17, 15) is 9.59 Å². The summed E-state index contributed by atoms with van der Waals surface area (Å²) in [5, 5.41) is 11.5. The number of aryl methyl sites for hydroxylation is 2. The van der Waals surface area contributed by atoms with Gasteiger partial charge < -0.3 is 10.4 Å². The number of carboxylic acid groups (broad SMARTS) is 1. The summed E-state index contributed by atoms with van der Waals surface area (Å²) in [5.41, 5.74) is 3.09. The number of carbonyl (C=O) groups is 2. The normalized spacial score (nSPS) is 11.2. The number of carbonyl (C=O) groups excluding carboxylic acids is 1. The highest BCUT2D eigenvalue weighted by Gasteiger charge is 2.11. The van der Waals surface area contributed by atoms with Crippen molar-refractivity contribution in [1.29, 1.82) is 0 Å². The number of hydrogen-bond donors (Lipinski definition) is 2. The van der Waals surface area contributed by atoms with Crippen molar-refractivity contribution in [3.05, 3.63) is 41.0 Å². The van der Waals surface area contributed by atoms with Gasteiger partial charge in [0.15, 0.2) is 0 Å². The average molecular weight is 261 g/mol. The van der Waals surface area contributed by atoms with Gasteiger partial charge in [-0.25, -0.2) is 4.79 Å². The van der Waals surface area contributed by atoms with Crippen LogP contribution in [0, 0.1) is 0 Å². The van der Waals surface area contributed by atoms with Crippen molar-refractivity contribution in [1.82, 2.24) is 0 Å². The van der Waals surface area contributed by atoms with E-state index in [4.69, 9.17) is 5.11 Å². The zero-order chi connectivity index (χ0) is 14.4. The molecule has 2 N–H and O–H groups in total. The molecule has 4 heteroatoms. The monoisotopic (exact) mass is 261 g/mol. The summed E-state index contributed by atoms with van der Waals surface area (Å²) in [6.07, 6.45) is 2.53. The molecule has 0 fully saturated rings. The van der Waals surface area contributed by atoms with Gasteiger partial charge in [0.1, 0.15) is 0 Å². The van der Waals surface area contributed by atoms with Gasteiger partial charge >= 0.3 is 5.97 Å². The van der Waals surface area contributed by atoms with Crippen molar-refractivity contribution < 1.29 is 14.7 Å². The minimum absolute atomic E-state index is 0.181. The Morgan fingerprint density at radius 2 is 1.74 bits per heavy atom. The molecule has 0 bridgehead atoms. The van der Waals surface area contributed by atoms with Gasteiger partial charge in [0.2, 0.25) is 0 Å². The lowest BCUT2D eigenvalue weighted by molar-refractivity contribution is -0.131. The van der Waals surface area contributed by atoms with Crippen LogP contribution in [0.2, 0.25) is 0 Å². The summed E-state index contributed by atoms with van der Waals surface area (Å²) >= 11 is 0. The quantitative estimate of drug-likeness (QED) is 0.801. The average Bonchev–Trinajstić information content (AvgIpc) is 2.37. The summed E-state index contributed by atoms with van der Waals surface area (Å²) in [6.45, 7) is 5.53. The molecule has 0 heterocycles. The van der Waals surface area contributed by atoms with Crippen LogP contribution >= 0.6 is 0 Å². The zero-order valence-electron chi connectivity index (χ0n) is 11.5. The SMILES string of the molecule is CCc1cccc(CC)c1NC(=O)/C(C)=C/C(=O)O. The van der Waals surface area contributed by atoms with Gasteiger partial charge in [-0.05, 0) is 30.9 Å². The summed E-state index contributed by atoms with van der Waals surface area (Å²) in [5.74, 6) is -1.50. The Morgan fingerprint density at radius 1 is 1.21 bits per heavy atom. The smallest absolute Gasteiger partial charge is 0.328 e. The molecule has 0 radical (unpaired) electrons. The molecule has 0 unspecified atom stereocenters. The van der Waals surface area contributed by atoms with Crippen LogP contribution < -0.4 is 5.32 Å². The van der Waals surface area contributed by atoms with Gasteiger partial charge in [-0.2, -0.15) is 0 Å². The molecule has 1 rings (SSSR count). The molecule has 1 amide bonds. The van der Waals surface area contributed by atoms with E-state index in [1.54, 1.807) is 0 Å². The molecular weight excluding hydrogens is 242 g/mol. The first-order valence-electron chi connectivity index (χ1n) is 6.32. The number of hydrogen-bond acceptors (Lipinski definition) is 2. The van der Waals surface area contributed by atoms with E-state index < -0.39 is 5.97 Å². The molecule has 0 saturated heterocycles. The van der Waals surface area contributed by atoms with Gasteiger partial charge in [-0.15, -0.1) is 0 Å². The molecule has 0 aromatic heterocycles. The predicted molar refractivity (Wildman–Crippen MR) is 75.2 cm³/mol. The molecule has 0 atom stereocenters. The minimum atomic E-state index is -1.12. The summed E-state index contributed by atoms with van der Waals surface area (Å²) in [6, 6.07) is 5.89. The molecule has 0 spiro atoms. The summed E-state index contributed by atoms with van der Waals surface area (Å²) in [4.78, 5) is 22.5. The molecule has 0 aliphatic rings. The zero-order valence-corrected chi connectivity index (χ0v) is 11.5. The van der Waals surface area contributed by atoms with Crippen LogP contribution in [-0.4, -0.2) is 17.0 Å². The van der Waals surface area contributed by atoms with Crippen LogP contribution in [0.4, 0.5) is 5.69 Å². The first-order chi connectivity index (χ1) is 8.99. The van der Waals surface area contributed by atoms with Crippen LogP contribution in [0.25, 0.3) is 0 Å². The topological polar surface area (TPSA) is 66.4 Å². The highest BCUT2D eigenvalue weighted by Crippen LogP contribution is 2.23. The second-order valence-electron chi connectivity index (χ2n) is 4.28. The van der Waals surface area contributed by atoms with Crippen LogP contribution in [0.5, 0.6) is 0 Å². The third-order valence-corrected chi connectivity index (χ3v) is 2.94. The van der Waals surface area contributed by atoms with Crippen molar-refractivity contribution >= 4 is 17.6 Å². The molecular formula is C15H19NO3. The first-order valence-corrected chi connectivity index (χ1v) is 6.32. The molecule has 1 aromatic carbocycles. The summed E-state index contributed by atoms with van der Waals surface area (Å²) in [7, 11) is 0. The second kappa shape index (κ2) is 6.73. The minimum Gasteiger partial charge on any atom is -0.478 e. The fraction of sp³-hybridized carbons (Fsp3) is 0.333. The third kappa shape index (κ3) is 3.95. The van der Waals surface area contributed by atoms with Crippen molar-refractivity contribution in [2.24, 2.45) is 0 Å². The van der Waals surface area contributed by atoms with Crippen LogP contribution in [0.1, 0.15) is 31.9 Å². The maximum Gasteiger partial charge on any atom is 0.328 e. The maximum atomic E-state index is 11.9. The maximum absolute atomic E-state index is 11.9. The number of aliphatic carboxylic acids is 1.